The van der Waals surface area contributed by atoms with Crippen molar-refractivity contribution in [2.75, 3.05) is 0 Å². The molecule has 1 aromatic carbocycles. The molecule has 1 atom stereocenters. The summed E-state index contributed by atoms with van der Waals surface area (Å²) in [6.07, 6.45) is 3.76. The van der Waals surface area contributed by atoms with E-state index in [0.717, 1.165) is 37.0 Å². The molecule has 1 N–H and O–H groups in total. The van der Waals surface area contributed by atoms with Crippen LogP contribution in [0.15, 0.2) is 30.3 Å². The molecule has 0 saturated heterocycles. The molecule has 0 amide bonds. The maximum absolute atomic E-state index is 10.1. The summed E-state index contributed by atoms with van der Waals surface area (Å²) in [5, 5.41) is 10.1. The van der Waals surface area contributed by atoms with Crippen LogP contribution in [-0.4, -0.2) is 5.11 Å². The molecule has 1 aromatic heterocycles. The third-order valence-corrected chi connectivity index (χ3v) is 5.05. The average molecular weight is 288 g/mol. The van der Waals surface area contributed by atoms with Crippen LogP contribution in [0, 0.1) is 0 Å². The molecule has 2 aromatic rings. The van der Waals surface area contributed by atoms with Gasteiger partial charge in [0.2, 0.25) is 0 Å². The Balaban J connectivity index is 1.70. The fourth-order valence-corrected chi connectivity index (χ4v) is 3.56. The smallest absolute Gasteiger partial charge is 0.122 e. The van der Waals surface area contributed by atoms with E-state index in [1.807, 2.05) is 23.5 Å². The second kappa shape index (κ2) is 5.98. The molecule has 0 radical (unpaired) electrons. The fourth-order valence-electron chi connectivity index (χ4n) is 2.69. The van der Waals surface area contributed by atoms with Crippen molar-refractivity contribution in [3.63, 3.8) is 0 Å². The van der Waals surface area contributed by atoms with Crippen LogP contribution in [0.3, 0.4) is 0 Å². The van der Waals surface area contributed by atoms with Crippen molar-refractivity contribution in [1.82, 2.24) is 0 Å². The monoisotopic (exact) mass is 288 g/mol. The Labute approximate surface area is 124 Å². The van der Waals surface area contributed by atoms with Crippen molar-refractivity contribution in [3.8, 4) is 5.75 Å². The number of aryl methyl sites for hydroxylation is 2. The summed E-state index contributed by atoms with van der Waals surface area (Å²) in [4.78, 5) is 2.64. The lowest BCUT2D eigenvalue weighted by Gasteiger charge is -2.21. The topological polar surface area (TPSA) is 29.5 Å². The number of hydrogen-bond donors (Lipinski definition) is 1. The maximum Gasteiger partial charge on any atom is 0.122 e. The van der Waals surface area contributed by atoms with Gasteiger partial charge in [-0.15, -0.1) is 11.3 Å². The fraction of sp³-hybridized carbons (Fsp3) is 0.412. The van der Waals surface area contributed by atoms with Crippen LogP contribution >= 0.6 is 11.3 Å². The van der Waals surface area contributed by atoms with E-state index in [2.05, 4.69) is 25.1 Å². The van der Waals surface area contributed by atoms with Crippen LogP contribution in [0.2, 0.25) is 0 Å². The summed E-state index contributed by atoms with van der Waals surface area (Å²) in [5.74, 6) is 0.858. The first-order chi connectivity index (χ1) is 9.76. The van der Waals surface area contributed by atoms with E-state index in [0.29, 0.717) is 6.61 Å². The van der Waals surface area contributed by atoms with E-state index >= 15 is 0 Å². The van der Waals surface area contributed by atoms with E-state index in [4.69, 9.17) is 4.74 Å². The van der Waals surface area contributed by atoms with Gasteiger partial charge in [-0.25, -0.2) is 0 Å². The van der Waals surface area contributed by atoms with E-state index in [1.165, 1.54) is 15.3 Å². The number of ether oxygens (including phenoxy) is 1. The lowest BCUT2D eigenvalue weighted by molar-refractivity contribution is 0.156. The molecule has 1 aliphatic carbocycles. The largest absolute Gasteiger partial charge is 0.488 e. The van der Waals surface area contributed by atoms with Crippen LogP contribution in [0.5, 0.6) is 5.75 Å². The van der Waals surface area contributed by atoms with Gasteiger partial charge >= 0.3 is 0 Å². The van der Waals surface area contributed by atoms with Crippen LogP contribution in [-0.2, 0) is 19.4 Å². The molecular formula is C17H20O2S. The molecule has 0 unspecified atom stereocenters. The molecule has 2 nitrogen and oxygen atoms in total. The van der Waals surface area contributed by atoms with Crippen LogP contribution in [0.25, 0.3) is 0 Å². The Kier molecular flexibility index (Phi) is 4.08. The summed E-state index contributed by atoms with van der Waals surface area (Å²) in [6, 6.07) is 10.4. The first kappa shape index (κ1) is 13.7. The molecule has 20 heavy (non-hydrogen) atoms. The minimum atomic E-state index is -0.323. The van der Waals surface area contributed by atoms with Crippen molar-refractivity contribution in [1.29, 1.82) is 0 Å². The number of benzene rings is 1. The summed E-state index contributed by atoms with van der Waals surface area (Å²) >= 11 is 1.81. The normalized spacial score (nSPS) is 17.8. The first-order valence-corrected chi connectivity index (χ1v) is 8.09. The lowest BCUT2D eigenvalue weighted by atomic mass is 9.89. The molecule has 3 heteroatoms. The van der Waals surface area contributed by atoms with Crippen molar-refractivity contribution in [2.24, 2.45) is 0 Å². The molecule has 3 rings (SSSR count). The molecule has 0 fully saturated rings. The highest BCUT2D eigenvalue weighted by molar-refractivity contribution is 7.11. The van der Waals surface area contributed by atoms with Crippen molar-refractivity contribution >= 4 is 11.3 Å². The highest BCUT2D eigenvalue weighted by atomic mass is 32.1. The Morgan fingerprint density at radius 1 is 1.25 bits per heavy atom. The zero-order chi connectivity index (χ0) is 13.9. The summed E-state index contributed by atoms with van der Waals surface area (Å²) in [7, 11) is 0. The Morgan fingerprint density at radius 3 is 2.90 bits per heavy atom. The second-order valence-corrected chi connectivity index (χ2v) is 6.53. The molecule has 106 valence electrons. The van der Waals surface area contributed by atoms with Crippen molar-refractivity contribution in [2.45, 2.75) is 45.3 Å². The number of hydrogen-bond acceptors (Lipinski definition) is 3. The molecule has 0 saturated carbocycles. The van der Waals surface area contributed by atoms with Crippen LogP contribution in [0.4, 0.5) is 0 Å². The zero-order valence-electron chi connectivity index (χ0n) is 11.8. The van der Waals surface area contributed by atoms with Gasteiger partial charge in [0.05, 0.1) is 6.10 Å². The number of aliphatic hydroxyl groups is 1. The molecule has 1 heterocycles. The van der Waals surface area contributed by atoms with Gasteiger partial charge in [-0.1, -0.05) is 13.0 Å². The predicted octanol–water partition coefficient (Wildman–Crippen LogP) is 4.26. The van der Waals surface area contributed by atoms with Crippen molar-refractivity contribution < 1.29 is 9.84 Å². The van der Waals surface area contributed by atoms with Gasteiger partial charge in [0, 0.05) is 9.75 Å². The highest BCUT2D eigenvalue weighted by Gasteiger charge is 2.18. The SMILES string of the molecule is CCc1ccc(COc2ccc3c(c2)[C@H](O)CCC3)s1. The number of thiophene rings is 1. The van der Waals surface area contributed by atoms with Gasteiger partial charge in [-0.05, 0) is 61.1 Å². The van der Waals surface area contributed by atoms with Gasteiger partial charge in [-0.3, -0.25) is 0 Å². The van der Waals surface area contributed by atoms with E-state index in [-0.39, 0.29) is 6.10 Å². The van der Waals surface area contributed by atoms with Crippen molar-refractivity contribution in [3.05, 3.63) is 51.2 Å². The van der Waals surface area contributed by atoms with Gasteiger partial charge < -0.3 is 9.84 Å². The van der Waals surface area contributed by atoms with Crippen LogP contribution in [0.1, 0.15) is 46.8 Å². The van der Waals surface area contributed by atoms with Crippen LogP contribution < -0.4 is 4.74 Å². The highest BCUT2D eigenvalue weighted by Crippen LogP contribution is 2.32. The van der Waals surface area contributed by atoms with Gasteiger partial charge in [0.1, 0.15) is 12.4 Å². The number of aliphatic hydroxyl groups excluding tert-OH is 1. The summed E-state index contributed by atoms with van der Waals surface area (Å²) < 4.78 is 5.86. The molecule has 0 spiro atoms. The average Bonchev–Trinajstić information content (AvgIpc) is 2.94. The standard InChI is InChI=1S/C17H20O2S/c1-2-14-8-9-15(20-14)11-19-13-7-6-12-4-3-5-17(18)16(12)10-13/h6-10,17-18H,2-5,11H2,1H3/t17-/m1/s1. The quantitative estimate of drug-likeness (QED) is 0.911. The predicted molar refractivity (Wildman–Crippen MR) is 82.4 cm³/mol. The van der Waals surface area contributed by atoms with E-state index in [9.17, 15) is 5.11 Å². The Bertz CT molecular complexity index is 588. The summed E-state index contributed by atoms with van der Waals surface area (Å²) in [6.45, 7) is 2.78. The van der Waals surface area contributed by atoms with E-state index < -0.39 is 0 Å². The molecule has 0 aliphatic heterocycles. The first-order valence-electron chi connectivity index (χ1n) is 7.27. The number of fused-ring (bicyclic) bond motifs is 1. The summed E-state index contributed by atoms with van der Waals surface area (Å²) in [5.41, 5.74) is 2.31. The minimum absolute atomic E-state index is 0.323. The van der Waals surface area contributed by atoms with Gasteiger partial charge in [0.15, 0.2) is 0 Å². The molecule has 0 bridgehead atoms. The number of rotatable bonds is 4. The third-order valence-electron chi connectivity index (χ3n) is 3.85. The van der Waals surface area contributed by atoms with E-state index in [1.54, 1.807) is 0 Å². The van der Waals surface area contributed by atoms with Gasteiger partial charge in [-0.2, -0.15) is 0 Å². The minimum Gasteiger partial charge on any atom is -0.488 e. The Morgan fingerprint density at radius 2 is 2.10 bits per heavy atom. The molecular weight excluding hydrogens is 268 g/mol. The third kappa shape index (κ3) is 2.89. The lowest BCUT2D eigenvalue weighted by Crippen LogP contribution is -2.09. The maximum atomic E-state index is 10.1. The van der Waals surface area contributed by atoms with Gasteiger partial charge in [0.25, 0.3) is 0 Å². The Hall–Kier alpha value is -1.32. The second-order valence-electron chi connectivity index (χ2n) is 5.28. The molecule has 1 aliphatic rings. The zero-order valence-corrected chi connectivity index (χ0v) is 12.6.